The minimum atomic E-state index is 0.320. The highest BCUT2D eigenvalue weighted by molar-refractivity contribution is 5.05. The number of aryl methyl sites for hydroxylation is 1. The van der Waals surface area contributed by atoms with Crippen LogP contribution in [-0.2, 0) is 6.54 Å². The Balaban J connectivity index is 2.54. The quantitative estimate of drug-likeness (QED) is 0.743. The first kappa shape index (κ1) is 11.8. The van der Waals surface area contributed by atoms with Crippen LogP contribution in [0, 0.1) is 18.3 Å². The van der Waals surface area contributed by atoms with Gasteiger partial charge in [-0.15, -0.1) is 0 Å². The number of nitrogens with zero attached hydrogens (tertiary/aromatic N) is 2. The highest BCUT2D eigenvalue weighted by Gasteiger charge is 2.13. The first-order valence-corrected chi connectivity index (χ1v) is 5.29. The topological polar surface area (TPSA) is 40.2 Å². The van der Waals surface area contributed by atoms with E-state index in [-0.39, 0.29) is 0 Å². The summed E-state index contributed by atoms with van der Waals surface area (Å²) in [5, 5.41) is 8.69. The summed E-state index contributed by atoms with van der Waals surface area (Å²) in [5.74, 6) is 1.90. The zero-order valence-electron chi connectivity index (χ0n) is 9.66. The Morgan fingerprint density at radius 1 is 1.53 bits per heavy atom. The van der Waals surface area contributed by atoms with Crippen LogP contribution in [0.5, 0.6) is 0 Å². The van der Waals surface area contributed by atoms with E-state index in [0.717, 1.165) is 24.5 Å². The van der Waals surface area contributed by atoms with E-state index in [9.17, 15) is 0 Å². The Morgan fingerprint density at radius 2 is 2.27 bits per heavy atom. The number of hydrogen-bond acceptors (Lipinski definition) is 3. The van der Waals surface area contributed by atoms with Crippen molar-refractivity contribution in [1.82, 2.24) is 4.90 Å². The van der Waals surface area contributed by atoms with Crippen molar-refractivity contribution in [3.8, 4) is 6.07 Å². The highest BCUT2D eigenvalue weighted by atomic mass is 16.3. The van der Waals surface area contributed by atoms with E-state index in [1.807, 2.05) is 26.1 Å². The summed E-state index contributed by atoms with van der Waals surface area (Å²) in [7, 11) is 2.03. The van der Waals surface area contributed by atoms with Crippen LogP contribution >= 0.6 is 0 Å². The van der Waals surface area contributed by atoms with E-state index in [1.165, 1.54) is 0 Å². The monoisotopic (exact) mass is 206 g/mol. The molecule has 0 aliphatic heterocycles. The summed E-state index contributed by atoms with van der Waals surface area (Å²) in [6.07, 6.45) is 1.57. The van der Waals surface area contributed by atoms with E-state index < -0.39 is 0 Å². The molecule has 0 fully saturated rings. The predicted octanol–water partition coefficient (Wildman–Crippen LogP) is 2.71. The van der Waals surface area contributed by atoms with E-state index in [1.54, 1.807) is 0 Å². The molecule has 3 heteroatoms. The van der Waals surface area contributed by atoms with Crippen molar-refractivity contribution in [2.24, 2.45) is 0 Å². The molecule has 15 heavy (non-hydrogen) atoms. The van der Waals surface area contributed by atoms with Gasteiger partial charge in [-0.25, -0.2) is 0 Å². The first-order valence-electron chi connectivity index (χ1n) is 5.29. The second-order valence-electron chi connectivity index (χ2n) is 3.85. The molecule has 1 aromatic rings. The maximum absolute atomic E-state index is 8.69. The summed E-state index contributed by atoms with van der Waals surface area (Å²) in [4.78, 5) is 2.17. The van der Waals surface area contributed by atoms with Crippen LogP contribution in [-0.4, -0.2) is 18.0 Å². The highest BCUT2D eigenvalue weighted by Crippen LogP contribution is 2.13. The Bertz CT molecular complexity index is 338. The van der Waals surface area contributed by atoms with Gasteiger partial charge >= 0.3 is 0 Å². The van der Waals surface area contributed by atoms with Gasteiger partial charge in [0.25, 0.3) is 0 Å². The van der Waals surface area contributed by atoms with Crippen LogP contribution in [0.15, 0.2) is 16.5 Å². The van der Waals surface area contributed by atoms with E-state index in [4.69, 9.17) is 9.68 Å². The van der Waals surface area contributed by atoms with Crippen molar-refractivity contribution < 1.29 is 4.42 Å². The Kier molecular flexibility index (Phi) is 4.38. The molecule has 0 saturated carbocycles. The van der Waals surface area contributed by atoms with Crippen LogP contribution in [0.25, 0.3) is 0 Å². The molecule has 82 valence electrons. The number of hydrogen-bond donors (Lipinski definition) is 0. The molecule has 3 nitrogen and oxygen atoms in total. The lowest BCUT2D eigenvalue weighted by molar-refractivity contribution is 0.212. The predicted molar refractivity (Wildman–Crippen MR) is 59.2 cm³/mol. The first-order chi connectivity index (χ1) is 7.17. The largest absolute Gasteiger partial charge is 0.465 e. The molecule has 0 aromatic carbocycles. The summed E-state index contributed by atoms with van der Waals surface area (Å²) in [6.45, 7) is 4.82. The van der Waals surface area contributed by atoms with Crippen LogP contribution in [0.2, 0.25) is 0 Å². The maximum atomic E-state index is 8.69. The molecule has 0 amide bonds. The van der Waals surface area contributed by atoms with Crippen LogP contribution in [0.1, 0.15) is 31.3 Å². The van der Waals surface area contributed by atoms with Crippen molar-refractivity contribution in [3.05, 3.63) is 23.7 Å². The minimum absolute atomic E-state index is 0.320. The zero-order chi connectivity index (χ0) is 11.3. The molecular weight excluding hydrogens is 188 g/mol. The van der Waals surface area contributed by atoms with Crippen LogP contribution in [0.4, 0.5) is 0 Å². The van der Waals surface area contributed by atoms with Gasteiger partial charge in [0.1, 0.15) is 11.5 Å². The molecule has 1 atom stereocenters. The molecular formula is C12H18N2O. The van der Waals surface area contributed by atoms with Gasteiger partial charge in [0, 0.05) is 6.04 Å². The molecule has 0 saturated heterocycles. The normalized spacial score (nSPS) is 12.7. The summed E-state index contributed by atoms with van der Waals surface area (Å²) < 4.78 is 5.50. The fourth-order valence-electron chi connectivity index (χ4n) is 1.66. The van der Waals surface area contributed by atoms with E-state index in [0.29, 0.717) is 12.5 Å². The Labute approximate surface area is 91.3 Å². The molecule has 0 spiro atoms. The lowest BCUT2D eigenvalue weighted by Crippen LogP contribution is -2.30. The Morgan fingerprint density at radius 3 is 2.73 bits per heavy atom. The van der Waals surface area contributed by atoms with Gasteiger partial charge in [-0.05, 0) is 32.5 Å². The molecule has 0 radical (unpaired) electrons. The number of nitriles is 1. The molecule has 1 heterocycles. The molecule has 0 aliphatic carbocycles. The molecule has 0 bridgehead atoms. The molecule has 1 aromatic heterocycles. The molecule has 0 N–H and O–H groups in total. The van der Waals surface area contributed by atoms with Crippen molar-refractivity contribution >= 4 is 0 Å². The third kappa shape index (κ3) is 3.41. The number of rotatable bonds is 5. The van der Waals surface area contributed by atoms with Crippen molar-refractivity contribution in [3.63, 3.8) is 0 Å². The van der Waals surface area contributed by atoms with Gasteiger partial charge in [-0.1, -0.05) is 6.92 Å². The Hall–Kier alpha value is -1.27. The SMILES string of the molecule is CCC(CC#N)N(C)Cc1ccc(C)o1. The van der Waals surface area contributed by atoms with Gasteiger partial charge in [0.05, 0.1) is 19.0 Å². The maximum Gasteiger partial charge on any atom is 0.118 e. The van der Waals surface area contributed by atoms with Crippen molar-refractivity contribution in [2.45, 2.75) is 39.3 Å². The van der Waals surface area contributed by atoms with Gasteiger partial charge in [-0.3, -0.25) is 4.90 Å². The van der Waals surface area contributed by atoms with Crippen molar-refractivity contribution in [2.75, 3.05) is 7.05 Å². The zero-order valence-corrected chi connectivity index (χ0v) is 9.66. The lowest BCUT2D eigenvalue weighted by Gasteiger charge is -2.23. The van der Waals surface area contributed by atoms with Crippen molar-refractivity contribution in [1.29, 1.82) is 5.26 Å². The number of furan rings is 1. The van der Waals surface area contributed by atoms with E-state index in [2.05, 4.69) is 17.9 Å². The van der Waals surface area contributed by atoms with Crippen LogP contribution < -0.4 is 0 Å². The van der Waals surface area contributed by atoms with Gasteiger partial charge in [0.15, 0.2) is 0 Å². The van der Waals surface area contributed by atoms with E-state index >= 15 is 0 Å². The molecule has 0 aliphatic rings. The second kappa shape index (κ2) is 5.57. The summed E-state index contributed by atoms with van der Waals surface area (Å²) >= 11 is 0. The molecule has 1 unspecified atom stereocenters. The fraction of sp³-hybridized carbons (Fsp3) is 0.583. The summed E-state index contributed by atoms with van der Waals surface area (Å²) in [5.41, 5.74) is 0. The summed E-state index contributed by atoms with van der Waals surface area (Å²) in [6, 6.07) is 6.50. The molecule has 1 rings (SSSR count). The average molecular weight is 206 g/mol. The minimum Gasteiger partial charge on any atom is -0.465 e. The fourth-order valence-corrected chi connectivity index (χ4v) is 1.66. The average Bonchev–Trinajstić information content (AvgIpc) is 2.60. The lowest BCUT2D eigenvalue weighted by atomic mass is 10.1. The standard InChI is InChI=1S/C12H18N2O/c1-4-11(7-8-13)14(3)9-12-6-5-10(2)15-12/h5-6,11H,4,7,9H2,1-3H3. The third-order valence-electron chi connectivity index (χ3n) is 2.62. The smallest absolute Gasteiger partial charge is 0.118 e. The third-order valence-corrected chi connectivity index (χ3v) is 2.62. The van der Waals surface area contributed by atoms with Gasteiger partial charge < -0.3 is 4.42 Å². The van der Waals surface area contributed by atoms with Gasteiger partial charge in [-0.2, -0.15) is 5.26 Å². The van der Waals surface area contributed by atoms with Gasteiger partial charge in [0.2, 0.25) is 0 Å². The second-order valence-corrected chi connectivity index (χ2v) is 3.85. The van der Waals surface area contributed by atoms with Crippen LogP contribution in [0.3, 0.4) is 0 Å².